The van der Waals surface area contributed by atoms with E-state index in [9.17, 15) is 4.79 Å². The average molecular weight is 400 g/mol. The van der Waals surface area contributed by atoms with Gasteiger partial charge in [0, 0.05) is 43.7 Å². The zero-order valence-corrected chi connectivity index (χ0v) is 17.3. The number of benzene rings is 1. The van der Waals surface area contributed by atoms with E-state index >= 15 is 0 Å². The summed E-state index contributed by atoms with van der Waals surface area (Å²) >= 11 is 1.60. The first-order valence-electron chi connectivity index (χ1n) is 10.4. The molecule has 1 aliphatic carbocycles. The van der Waals surface area contributed by atoms with Gasteiger partial charge in [-0.25, -0.2) is 0 Å². The van der Waals surface area contributed by atoms with E-state index in [-0.39, 0.29) is 5.92 Å². The van der Waals surface area contributed by atoms with Crippen molar-refractivity contribution in [1.29, 1.82) is 0 Å². The lowest BCUT2D eigenvalue weighted by Gasteiger charge is -2.37. The van der Waals surface area contributed by atoms with Crippen molar-refractivity contribution < 1.29 is 4.79 Å². The highest BCUT2D eigenvalue weighted by molar-refractivity contribution is 7.18. The molecule has 0 atom stereocenters. The first-order chi connectivity index (χ1) is 13.7. The normalized spacial score (nSPS) is 23.5. The average Bonchev–Trinajstić information content (AvgIpc) is 3.23. The molecule has 0 radical (unpaired) electrons. The van der Waals surface area contributed by atoms with Crippen molar-refractivity contribution in [3.63, 3.8) is 0 Å². The molecule has 1 aromatic carbocycles. The fourth-order valence-corrected chi connectivity index (χ4v) is 5.01. The van der Waals surface area contributed by atoms with E-state index in [4.69, 9.17) is 0 Å². The van der Waals surface area contributed by atoms with Crippen molar-refractivity contribution >= 4 is 22.4 Å². The smallest absolute Gasteiger partial charge is 0.225 e. The van der Waals surface area contributed by atoms with Crippen LogP contribution in [0.5, 0.6) is 0 Å². The SMILES string of the molecule is CCN1CCN(C(=O)C2CCC(Nc3nnc(-c4ccccc4)s3)CC2)CC1. The van der Waals surface area contributed by atoms with Gasteiger partial charge in [-0.2, -0.15) is 0 Å². The molecule has 4 rings (SSSR count). The standard InChI is InChI=1S/C21H29N5OS/c1-2-25-12-14-26(15-13-25)20(27)17-8-10-18(11-9-17)22-21-24-23-19(28-21)16-6-4-3-5-7-16/h3-7,17-18H,2,8-15H2,1H3,(H,22,24). The number of carbonyl (C=O) groups is 1. The molecule has 6 nitrogen and oxygen atoms in total. The summed E-state index contributed by atoms with van der Waals surface area (Å²) in [4.78, 5) is 17.3. The van der Waals surface area contributed by atoms with Gasteiger partial charge in [0.25, 0.3) is 0 Å². The molecule has 2 aromatic rings. The quantitative estimate of drug-likeness (QED) is 0.836. The zero-order valence-electron chi connectivity index (χ0n) is 16.5. The topological polar surface area (TPSA) is 61.4 Å². The van der Waals surface area contributed by atoms with Crippen molar-refractivity contribution in [1.82, 2.24) is 20.0 Å². The predicted octanol–water partition coefficient (Wildman–Crippen LogP) is 3.34. The van der Waals surface area contributed by atoms with E-state index in [1.165, 1.54) is 0 Å². The van der Waals surface area contributed by atoms with E-state index in [0.29, 0.717) is 11.9 Å². The first-order valence-corrected chi connectivity index (χ1v) is 11.2. The molecule has 1 N–H and O–H groups in total. The van der Waals surface area contributed by atoms with Gasteiger partial charge in [0.2, 0.25) is 11.0 Å². The van der Waals surface area contributed by atoms with E-state index in [1.54, 1.807) is 11.3 Å². The number of hydrogen-bond donors (Lipinski definition) is 1. The van der Waals surface area contributed by atoms with Gasteiger partial charge in [-0.3, -0.25) is 4.79 Å². The predicted molar refractivity (Wildman–Crippen MR) is 113 cm³/mol. The third-order valence-corrected chi connectivity index (χ3v) is 6.88. The highest BCUT2D eigenvalue weighted by Crippen LogP contribution is 2.31. The van der Waals surface area contributed by atoms with Crippen LogP contribution < -0.4 is 5.32 Å². The molecule has 0 bridgehead atoms. The van der Waals surface area contributed by atoms with Crippen LogP contribution in [0.15, 0.2) is 30.3 Å². The van der Waals surface area contributed by atoms with Crippen LogP contribution in [0.4, 0.5) is 5.13 Å². The molecule has 1 aromatic heterocycles. The summed E-state index contributed by atoms with van der Waals surface area (Å²) in [6.07, 6.45) is 3.97. The Hall–Kier alpha value is -1.99. The van der Waals surface area contributed by atoms with E-state index in [1.807, 2.05) is 18.2 Å². The highest BCUT2D eigenvalue weighted by atomic mass is 32.1. The number of likely N-dealkylation sites (N-methyl/N-ethyl adjacent to an activating group) is 1. The second kappa shape index (κ2) is 9.01. The summed E-state index contributed by atoms with van der Waals surface area (Å²) in [7, 11) is 0. The minimum absolute atomic E-state index is 0.195. The summed E-state index contributed by atoms with van der Waals surface area (Å²) in [6, 6.07) is 10.5. The third kappa shape index (κ3) is 4.52. The van der Waals surface area contributed by atoms with Gasteiger partial charge in [-0.1, -0.05) is 48.6 Å². The molecule has 28 heavy (non-hydrogen) atoms. The maximum absolute atomic E-state index is 12.8. The van der Waals surface area contributed by atoms with Crippen LogP contribution in [0.3, 0.4) is 0 Å². The summed E-state index contributed by atoms with van der Waals surface area (Å²) in [5.41, 5.74) is 1.10. The van der Waals surface area contributed by atoms with Crippen LogP contribution in [-0.2, 0) is 4.79 Å². The molecule has 150 valence electrons. The van der Waals surface area contributed by atoms with Crippen LogP contribution in [0.1, 0.15) is 32.6 Å². The van der Waals surface area contributed by atoms with Crippen molar-refractivity contribution in [2.24, 2.45) is 5.92 Å². The lowest BCUT2D eigenvalue weighted by molar-refractivity contribution is -0.138. The molecule has 2 heterocycles. The summed E-state index contributed by atoms with van der Waals surface area (Å²) in [5, 5.41) is 14.0. The van der Waals surface area contributed by atoms with E-state index in [0.717, 1.165) is 74.1 Å². The Kier molecular flexibility index (Phi) is 6.22. The molecule has 1 aliphatic heterocycles. The minimum atomic E-state index is 0.195. The van der Waals surface area contributed by atoms with Crippen LogP contribution in [0.2, 0.25) is 0 Å². The number of hydrogen-bond acceptors (Lipinski definition) is 6. The first kappa shape index (κ1) is 19.3. The number of aromatic nitrogens is 2. The summed E-state index contributed by atoms with van der Waals surface area (Å²) in [6.45, 7) is 7.07. The van der Waals surface area contributed by atoms with Gasteiger partial charge >= 0.3 is 0 Å². The fourth-order valence-electron chi connectivity index (χ4n) is 4.18. The lowest BCUT2D eigenvalue weighted by atomic mass is 9.85. The number of anilines is 1. The number of piperazine rings is 1. The Morgan fingerprint density at radius 3 is 2.46 bits per heavy atom. The van der Waals surface area contributed by atoms with E-state index < -0.39 is 0 Å². The number of amides is 1. The Morgan fingerprint density at radius 2 is 1.79 bits per heavy atom. The second-order valence-electron chi connectivity index (χ2n) is 7.73. The van der Waals surface area contributed by atoms with Crippen LogP contribution in [0, 0.1) is 5.92 Å². The largest absolute Gasteiger partial charge is 0.357 e. The van der Waals surface area contributed by atoms with Gasteiger partial charge in [-0.05, 0) is 32.2 Å². The maximum Gasteiger partial charge on any atom is 0.225 e. The molecule has 2 fully saturated rings. The van der Waals surface area contributed by atoms with Crippen molar-refractivity contribution in [2.45, 2.75) is 38.6 Å². The van der Waals surface area contributed by atoms with Gasteiger partial charge in [0.05, 0.1) is 0 Å². The number of carbonyl (C=O) groups excluding carboxylic acids is 1. The van der Waals surface area contributed by atoms with Gasteiger partial charge in [-0.15, -0.1) is 10.2 Å². The molecule has 7 heteroatoms. The van der Waals surface area contributed by atoms with Gasteiger partial charge in [0.15, 0.2) is 0 Å². The summed E-state index contributed by atoms with van der Waals surface area (Å²) < 4.78 is 0. The third-order valence-electron chi connectivity index (χ3n) is 5.98. The molecule has 2 aliphatic rings. The monoisotopic (exact) mass is 399 g/mol. The number of nitrogens with zero attached hydrogens (tertiary/aromatic N) is 4. The highest BCUT2D eigenvalue weighted by Gasteiger charge is 2.31. The van der Waals surface area contributed by atoms with Crippen LogP contribution in [-0.4, -0.2) is 64.7 Å². The molecule has 0 unspecified atom stereocenters. The molecule has 1 saturated heterocycles. The Bertz CT molecular complexity index is 764. The van der Waals surface area contributed by atoms with Gasteiger partial charge < -0.3 is 15.1 Å². The number of nitrogens with one attached hydrogen (secondary N) is 1. The fraction of sp³-hybridized carbons (Fsp3) is 0.571. The zero-order chi connectivity index (χ0) is 19.3. The van der Waals surface area contributed by atoms with Gasteiger partial charge in [0.1, 0.15) is 5.01 Å². The maximum atomic E-state index is 12.8. The molecule has 0 spiro atoms. The molecular formula is C21H29N5OS. The molecule has 1 saturated carbocycles. The minimum Gasteiger partial charge on any atom is -0.357 e. The Morgan fingerprint density at radius 1 is 1.07 bits per heavy atom. The Labute approximate surface area is 171 Å². The van der Waals surface area contributed by atoms with Crippen LogP contribution >= 0.6 is 11.3 Å². The van der Waals surface area contributed by atoms with Crippen LogP contribution in [0.25, 0.3) is 10.6 Å². The van der Waals surface area contributed by atoms with E-state index in [2.05, 4.69) is 44.4 Å². The summed E-state index contributed by atoms with van der Waals surface area (Å²) in [5.74, 6) is 0.567. The van der Waals surface area contributed by atoms with Crippen molar-refractivity contribution in [3.05, 3.63) is 30.3 Å². The second-order valence-corrected chi connectivity index (χ2v) is 8.71. The molecule has 1 amide bonds. The lowest BCUT2D eigenvalue weighted by Crippen LogP contribution is -2.50. The molecular weight excluding hydrogens is 370 g/mol. The number of rotatable bonds is 5. The Balaban J connectivity index is 1.26. The van der Waals surface area contributed by atoms with Crippen molar-refractivity contribution in [2.75, 3.05) is 38.0 Å². The van der Waals surface area contributed by atoms with Crippen molar-refractivity contribution in [3.8, 4) is 10.6 Å².